The Kier molecular flexibility index (Phi) is 3.50. The Balaban J connectivity index is 2.17. The molecule has 1 amide bonds. The first-order valence-corrected chi connectivity index (χ1v) is 5.94. The number of hydrogen-bond donors (Lipinski definition) is 1. The number of anilines is 1. The molecule has 0 fully saturated rings. The molecule has 0 saturated carbocycles. The van der Waals surface area contributed by atoms with Gasteiger partial charge in [-0.2, -0.15) is 0 Å². The van der Waals surface area contributed by atoms with Crippen LogP contribution in [-0.2, 0) is 0 Å². The summed E-state index contributed by atoms with van der Waals surface area (Å²) in [4.78, 5) is 11.7. The molecule has 0 bridgehead atoms. The van der Waals surface area contributed by atoms with E-state index >= 15 is 0 Å². The Labute approximate surface area is 111 Å². The Bertz CT molecular complexity index is 524. The number of para-hydroxylation sites is 1. The van der Waals surface area contributed by atoms with Crippen LogP contribution in [0.2, 0.25) is 5.02 Å². The third-order valence-corrected chi connectivity index (χ3v) is 2.83. The number of benzene rings is 1. The van der Waals surface area contributed by atoms with Gasteiger partial charge in [0.1, 0.15) is 0 Å². The predicted octanol–water partition coefficient (Wildman–Crippen LogP) is 3.79. The van der Waals surface area contributed by atoms with E-state index in [0.29, 0.717) is 14.5 Å². The molecule has 5 heteroatoms. The smallest absolute Gasteiger partial charge is 0.291 e. The third kappa shape index (κ3) is 2.56. The molecule has 0 spiro atoms. The fraction of sp³-hybridized carbons (Fsp3) is 0. The molecule has 0 unspecified atom stereocenters. The van der Waals surface area contributed by atoms with Crippen molar-refractivity contribution in [2.75, 3.05) is 5.32 Å². The molecule has 1 aromatic carbocycles. The topological polar surface area (TPSA) is 42.2 Å². The van der Waals surface area contributed by atoms with Crippen LogP contribution in [0, 0.1) is 3.77 Å². The van der Waals surface area contributed by atoms with E-state index < -0.39 is 0 Å². The summed E-state index contributed by atoms with van der Waals surface area (Å²) in [6.45, 7) is 0. The number of carbonyl (C=O) groups excluding carboxylic acids is 1. The molecule has 0 aliphatic carbocycles. The van der Waals surface area contributed by atoms with Crippen LogP contribution in [-0.4, -0.2) is 5.91 Å². The molecule has 2 aromatic rings. The first-order valence-electron chi connectivity index (χ1n) is 4.48. The zero-order chi connectivity index (χ0) is 11.5. The molecule has 0 aliphatic rings. The SMILES string of the molecule is O=C(Nc1ccccc1Cl)c1ccc(I)o1. The van der Waals surface area contributed by atoms with E-state index in [9.17, 15) is 4.79 Å². The van der Waals surface area contributed by atoms with Crippen LogP contribution >= 0.6 is 34.2 Å². The first kappa shape index (κ1) is 11.5. The van der Waals surface area contributed by atoms with Crippen molar-refractivity contribution in [2.24, 2.45) is 0 Å². The van der Waals surface area contributed by atoms with Crippen molar-refractivity contribution in [2.45, 2.75) is 0 Å². The molecule has 0 saturated heterocycles. The van der Waals surface area contributed by atoms with E-state index in [1.165, 1.54) is 0 Å². The standard InChI is InChI=1S/C11H7ClINO2/c12-7-3-1-2-4-8(7)14-11(15)9-5-6-10(13)16-9/h1-6H,(H,14,15). The Morgan fingerprint density at radius 1 is 1.25 bits per heavy atom. The number of carbonyl (C=O) groups is 1. The molecule has 3 nitrogen and oxygen atoms in total. The Morgan fingerprint density at radius 2 is 2.00 bits per heavy atom. The van der Waals surface area contributed by atoms with Gasteiger partial charge in [0.15, 0.2) is 9.53 Å². The van der Waals surface area contributed by atoms with Crippen LogP contribution in [0.3, 0.4) is 0 Å². The lowest BCUT2D eigenvalue weighted by atomic mass is 10.3. The molecular formula is C11H7ClINO2. The minimum Gasteiger partial charge on any atom is -0.445 e. The third-order valence-electron chi connectivity index (χ3n) is 1.92. The monoisotopic (exact) mass is 347 g/mol. The maximum atomic E-state index is 11.7. The predicted molar refractivity (Wildman–Crippen MR) is 70.8 cm³/mol. The Hall–Kier alpha value is -1.01. The molecule has 2 rings (SSSR count). The number of furan rings is 1. The van der Waals surface area contributed by atoms with Crippen LogP contribution < -0.4 is 5.32 Å². The van der Waals surface area contributed by atoms with E-state index in [2.05, 4.69) is 5.32 Å². The molecule has 0 atom stereocenters. The summed E-state index contributed by atoms with van der Waals surface area (Å²) in [7, 11) is 0. The molecular weight excluding hydrogens is 340 g/mol. The zero-order valence-electron chi connectivity index (χ0n) is 8.04. The van der Waals surface area contributed by atoms with Crippen LogP contribution in [0.1, 0.15) is 10.6 Å². The quantitative estimate of drug-likeness (QED) is 0.840. The normalized spacial score (nSPS) is 10.1. The zero-order valence-corrected chi connectivity index (χ0v) is 10.9. The van der Waals surface area contributed by atoms with Gasteiger partial charge >= 0.3 is 0 Å². The van der Waals surface area contributed by atoms with Gasteiger partial charge in [-0.25, -0.2) is 0 Å². The fourth-order valence-electron chi connectivity index (χ4n) is 1.18. The molecule has 0 radical (unpaired) electrons. The molecule has 16 heavy (non-hydrogen) atoms. The van der Waals surface area contributed by atoms with Crippen LogP contribution in [0.25, 0.3) is 0 Å². The highest BCUT2D eigenvalue weighted by molar-refractivity contribution is 14.1. The second kappa shape index (κ2) is 4.88. The summed E-state index contributed by atoms with van der Waals surface area (Å²) in [6.07, 6.45) is 0. The fourth-order valence-corrected chi connectivity index (χ4v) is 1.78. The van der Waals surface area contributed by atoms with Gasteiger partial charge in [0.2, 0.25) is 0 Å². The average Bonchev–Trinajstić information content (AvgIpc) is 2.68. The lowest BCUT2D eigenvalue weighted by Gasteiger charge is -2.04. The number of nitrogens with one attached hydrogen (secondary N) is 1. The van der Waals surface area contributed by atoms with Gasteiger partial charge in [0, 0.05) is 0 Å². The van der Waals surface area contributed by atoms with Gasteiger partial charge in [-0.15, -0.1) is 0 Å². The number of halogens is 2. The van der Waals surface area contributed by atoms with Gasteiger partial charge in [-0.3, -0.25) is 4.79 Å². The first-order chi connectivity index (χ1) is 7.66. The second-order valence-electron chi connectivity index (χ2n) is 3.04. The van der Waals surface area contributed by atoms with Gasteiger partial charge < -0.3 is 9.73 Å². The van der Waals surface area contributed by atoms with Gasteiger partial charge in [0.25, 0.3) is 5.91 Å². The highest BCUT2D eigenvalue weighted by Crippen LogP contribution is 2.21. The van der Waals surface area contributed by atoms with Crippen molar-refractivity contribution in [3.05, 3.63) is 50.9 Å². The summed E-state index contributed by atoms with van der Waals surface area (Å²) in [6, 6.07) is 10.4. The largest absolute Gasteiger partial charge is 0.445 e. The summed E-state index contributed by atoms with van der Waals surface area (Å²) in [5, 5.41) is 3.17. The van der Waals surface area contributed by atoms with Crippen molar-refractivity contribution < 1.29 is 9.21 Å². The maximum absolute atomic E-state index is 11.7. The van der Waals surface area contributed by atoms with Crippen LogP contribution in [0.15, 0.2) is 40.8 Å². The molecule has 82 valence electrons. The second-order valence-corrected chi connectivity index (χ2v) is 4.51. The average molecular weight is 348 g/mol. The number of hydrogen-bond acceptors (Lipinski definition) is 2. The molecule has 1 aromatic heterocycles. The minimum absolute atomic E-state index is 0.268. The Morgan fingerprint density at radius 3 is 2.62 bits per heavy atom. The molecule has 1 N–H and O–H groups in total. The highest BCUT2D eigenvalue weighted by Gasteiger charge is 2.11. The van der Waals surface area contributed by atoms with Crippen molar-refractivity contribution in [3.63, 3.8) is 0 Å². The van der Waals surface area contributed by atoms with Gasteiger partial charge in [-0.05, 0) is 46.9 Å². The number of amides is 1. The van der Waals surface area contributed by atoms with E-state index in [-0.39, 0.29) is 11.7 Å². The molecule has 0 aliphatic heterocycles. The van der Waals surface area contributed by atoms with E-state index in [1.54, 1.807) is 36.4 Å². The lowest BCUT2D eigenvalue weighted by molar-refractivity contribution is 0.0995. The number of rotatable bonds is 2. The van der Waals surface area contributed by atoms with Gasteiger partial charge in [0.05, 0.1) is 10.7 Å². The summed E-state index contributed by atoms with van der Waals surface area (Å²) in [5.41, 5.74) is 0.570. The summed E-state index contributed by atoms with van der Waals surface area (Å²) in [5.74, 6) is -0.0414. The van der Waals surface area contributed by atoms with E-state index in [4.69, 9.17) is 16.0 Å². The van der Waals surface area contributed by atoms with Gasteiger partial charge in [-0.1, -0.05) is 23.7 Å². The summed E-state index contributed by atoms with van der Waals surface area (Å²) < 4.78 is 5.86. The summed E-state index contributed by atoms with van der Waals surface area (Å²) >= 11 is 7.91. The van der Waals surface area contributed by atoms with E-state index in [0.717, 1.165) is 0 Å². The van der Waals surface area contributed by atoms with Crippen molar-refractivity contribution in [1.29, 1.82) is 0 Å². The highest BCUT2D eigenvalue weighted by atomic mass is 127. The van der Waals surface area contributed by atoms with Crippen LogP contribution in [0.5, 0.6) is 0 Å². The van der Waals surface area contributed by atoms with Crippen LogP contribution in [0.4, 0.5) is 5.69 Å². The van der Waals surface area contributed by atoms with Crippen molar-refractivity contribution in [3.8, 4) is 0 Å². The van der Waals surface area contributed by atoms with Crippen molar-refractivity contribution in [1.82, 2.24) is 0 Å². The lowest BCUT2D eigenvalue weighted by Crippen LogP contribution is -2.11. The minimum atomic E-state index is -0.309. The molecule has 1 heterocycles. The van der Waals surface area contributed by atoms with E-state index in [1.807, 2.05) is 22.6 Å². The van der Waals surface area contributed by atoms with Crippen molar-refractivity contribution >= 4 is 45.8 Å². The maximum Gasteiger partial charge on any atom is 0.291 e.